The van der Waals surface area contributed by atoms with Gasteiger partial charge in [0.05, 0.1) is 0 Å². The Hall–Kier alpha value is -1.66. The van der Waals surface area contributed by atoms with E-state index < -0.39 is 0 Å². The molecule has 0 aliphatic carbocycles. The van der Waals surface area contributed by atoms with Crippen LogP contribution >= 0.6 is 22.9 Å². The average molecular weight is 311 g/mol. The highest BCUT2D eigenvalue weighted by atomic mass is 35.5. The Labute approximate surface area is 126 Å². The maximum Gasteiger partial charge on any atom is 0.325 e. The summed E-state index contributed by atoms with van der Waals surface area (Å²) in [5, 5.41) is 15.3. The fourth-order valence-corrected chi connectivity index (χ4v) is 2.70. The fourth-order valence-electron chi connectivity index (χ4n) is 1.56. The number of rotatable bonds is 4. The number of halogens is 1. The Kier molecular flexibility index (Phi) is 4.92. The van der Waals surface area contributed by atoms with Crippen LogP contribution in [0.3, 0.4) is 0 Å². The maximum absolute atomic E-state index is 11.8. The first-order chi connectivity index (χ1) is 9.52. The van der Waals surface area contributed by atoms with E-state index in [1.807, 2.05) is 0 Å². The highest BCUT2D eigenvalue weighted by molar-refractivity contribution is 7.15. The lowest BCUT2D eigenvalue weighted by Crippen LogP contribution is -2.19. The molecule has 0 saturated carbocycles. The fraction of sp³-hybridized carbons (Fsp3) is 0.308. The normalized spacial score (nSPS) is 10.6. The van der Waals surface area contributed by atoms with Crippen molar-refractivity contribution in [2.75, 3.05) is 10.6 Å². The van der Waals surface area contributed by atoms with Gasteiger partial charge in [0.25, 0.3) is 0 Å². The summed E-state index contributed by atoms with van der Waals surface area (Å²) in [5.74, 6) is 0.510. The topological polar surface area (TPSA) is 66.9 Å². The van der Waals surface area contributed by atoms with Gasteiger partial charge in [0.1, 0.15) is 5.01 Å². The summed E-state index contributed by atoms with van der Waals surface area (Å²) in [4.78, 5) is 11.8. The molecule has 106 valence electrons. The molecule has 0 saturated heterocycles. The lowest BCUT2D eigenvalue weighted by Gasteiger charge is -2.04. The standard InChI is InChI=1S/C13H15ClN4OS/c1-8(2)6-11-17-18-13(20-11)16-12(19)15-10-5-3-4-9(14)7-10/h3-5,7-8H,6H2,1-2H3,(H2,15,16,18,19). The summed E-state index contributed by atoms with van der Waals surface area (Å²) in [6.45, 7) is 4.22. The Morgan fingerprint density at radius 2 is 2.15 bits per heavy atom. The lowest BCUT2D eigenvalue weighted by atomic mass is 10.1. The molecule has 20 heavy (non-hydrogen) atoms. The number of carbonyl (C=O) groups is 1. The van der Waals surface area contributed by atoms with Gasteiger partial charge in [-0.25, -0.2) is 4.79 Å². The van der Waals surface area contributed by atoms with Crippen molar-refractivity contribution in [2.24, 2.45) is 5.92 Å². The molecule has 0 bridgehead atoms. The van der Waals surface area contributed by atoms with Crippen molar-refractivity contribution in [3.8, 4) is 0 Å². The molecule has 2 N–H and O–H groups in total. The zero-order chi connectivity index (χ0) is 14.5. The van der Waals surface area contributed by atoms with Gasteiger partial charge < -0.3 is 5.32 Å². The molecule has 0 fully saturated rings. The van der Waals surface area contributed by atoms with Gasteiger partial charge >= 0.3 is 6.03 Å². The second-order valence-corrected chi connectivity index (χ2v) is 6.19. The number of carbonyl (C=O) groups excluding carboxylic acids is 1. The smallest absolute Gasteiger partial charge is 0.308 e. The summed E-state index contributed by atoms with van der Waals surface area (Å²) in [6.07, 6.45) is 0.856. The number of nitrogens with zero attached hydrogens (tertiary/aromatic N) is 2. The second-order valence-electron chi connectivity index (χ2n) is 4.69. The summed E-state index contributed by atoms with van der Waals surface area (Å²) in [5.41, 5.74) is 0.627. The molecule has 2 amide bonds. The zero-order valence-corrected chi connectivity index (χ0v) is 12.8. The van der Waals surface area contributed by atoms with E-state index >= 15 is 0 Å². The van der Waals surface area contributed by atoms with Crippen molar-refractivity contribution in [1.29, 1.82) is 0 Å². The largest absolute Gasteiger partial charge is 0.325 e. The van der Waals surface area contributed by atoms with Gasteiger partial charge in [-0.05, 0) is 24.1 Å². The van der Waals surface area contributed by atoms with Gasteiger partial charge in [-0.2, -0.15) is 0 Å². The number of aromatic nitrogens is 2. The Morgan fingerprint density at radius 3 is 2.85 bits per heavy atom. The van der Waals surface area contributed by atoms with E-state index in [1.54, 1.807) is 24.3 Å². The highest BCUT2D eigenvalue weighted by Gasteiger charge is 2.09. The first-order valence-corrected chi connectivity index (χ1v) is 7.38. The van der Waals surface area contributed by atoms with E-state index in [1.165, 1.54) is 11.3 Å². The minimum atomic E-state index is -0.362. The van der Waals surface area contributed by atoms with Crippen LogP contribution in [0.1, 0.15) is 18.9 Å². The van der Waals surface area contributed by atoms with Gasteiger partial charge in [-0.1, -0.05) is 42.9 Å². The van der Waals surface area contributed by atoms with Gasteiger partial charge in [-0.3, -0.25) is 5.32 Å². The molecule has 0 aliphatic rings. The van der Waals surface area contributed by atoms with Crippen LogP contribution < -0.4 is 10.6 Å². The van der Waals surface area contributed by atoms with Gasteiger partial charge in [0, 0.05) is 17.1 Å². The highest BCUT2D eigenvalue weighted by Crippen LogP contribution is 2.19. The second kappa shape index (κ2) is 6.67. The predicted molar refractivity (Wildman–Crippen MR) is 82.5 cm³/mol. The van der Waals surface area contributed by atoms with Crippen LogP contribution in [0.4, 0.5) is 15.6 Å². The molecule has 1 aromatic heterocycles. The monoisotopic (exact) mass is 310 g/mol. The van der Waals surface area contributed by atoms with Crippen molar-refractivity contribution < 1.29 is 4.79 Å². The Balaban J connectivity index is 1.93. The number of nitrogens with one attached hydrogen (secondary N) is 2. The van der Waals surface area contributed by atoms with Crippen molar-refractivity contribution in [1.82, 2.24) is 10.2 Å². The van der Waals surface area contributed by atoms with Gasteiger partial charge in [-0.15, -0.1) is 10.2 Å². The van der Waals surface area contributed by atoms with Crippen LogP contribution in [0.5, 0.6) is 0 Å². The quantitative estimate of drug-likeness (QED) is 0.895. The van der Waals surface area contributed by atoms with E-state index in [0.717, 1.165) is 11.4 Å². The first kappa shape index (κ1) is 14.7. The minimum Gasteiger partial charge on any atom is -0.308 e. The third-order valence-corrected chi connectivity index (χ3v) is 3.45. The number of urea groups is 1. The van der Waals surface area contributed by atoms with Crippen LogP contribution in [0.25, 0.3) is 0 Å². The predicted octanol–water partition coefficient (Wildman–Crippen LogP) is 4.03. The maximum atomic E-state index is 11.8. The van der Waals surface area contributed by atoms with E-state index in [2.05, 4.69) is 34.7 Å². The molecular formula is C13H15ClN4OS. The third-order valence-electron chi connectivity index (χ3n) is 2.35. The van der Waals surface area contributed by atoms with Crippen LogP contribution in [0, 0.1) is 5.92 Å². The van der Waals surface area contributed by atoms with Crippen molar-refractivity contribution in [3.05, 3.63) is 34.3 Å². The van der Waals surface area contributed by atoms with E-state index in [-0.39, 0.29) is 6.03 Å². The van der Waals surface area contributed by atoms with E-state index in [9.17, 15) is 4.79 Å². The lowest BCUT2D eigenvalue weighted by molar-refractivity contribution is 0.262. The van der Waals surface area contributed by atoms with Crippen molar-refractivity contribution >= 4 is 39.8 Å². The molecule has 0 unspecified atom stereocenters. The molecule has 2 rings (SSSR count). The molecule has 0 aliphatic heterocycles. The Morgan fingerprint density at radius 1 is 1.35 bits per heavy atom. The molecule has 0 radical (unpaired) electrons. The first-order valence-electron chi connectivity index (χ1n) is 6.19. The molecule has 5 nitrogen and oxygen atoms in total. The van der Waals surface area contributed by atoms with E-state index in [4.69, 9.17) is 11.6 Å². The minimum absolute atomic E-state index is 0.362. The van der Waals surface area contributed by atoms with Crippen molar-refractivity contribution in [3.63, 3.8) is 0 Å². The molecule has 7 heteroatoms. The number of hydrogen-bond donors (Lipinski definition) is 2. The summed E-state index contributed by atoms with van der Waals surface area (Å²) in [7, 11) is 0. The zero-order valence-electron chi connectivity index (χ0n) is 11.2. The molecule has 0 atom stereocenters. The molecule has 1 aromatic carbocycles. The number of benzene rings is 1. The molecule has 1 heterocycles. The third kappa shape index (κ3) is 4.47. The van der Waals surface area contributed by atoms with Crippen LogP contribution in [0.2, 0.25) is 5.02 Å². The summed E-state index contributed by atoms with van der Waals surface area (Å²) >= 11 is 7.23. The molecule has 2 aromatic rings. The number of hydrogen-bond acceptors (Lipinski definition) is 4. The van der Waals surface area contributed by atoms with Crippen molar-refractivity contribution in [2.45, 2.75) is 20.3 Å². The number of anilines is 2. The average Bonchev–Trinajstić information content (AvgIpc) is 2.75. The van der Waals surface area contributed by atoms with E-state index in [0.29, 0.717) is 21.8 Å². The van der Waals surface area contributed by atoms with Crippen LogP contribution in [-0.4, -0.2) is 16.2 Å². The summed E-state index contributed by atoms with van der Waals surface area (Å²) in [6, 6.07) is 6.58. The van der Waals surface area contributed by atoms with Crippen LogP contribution in [0.15, 0.2) is 24.3 Å². The Bertz CT molecular complexity index is 600. The molecular weight excluding hydrogens is 296 g/mol. The summed E-state index contributed by atoms with van der Waals surface area (Å²) < 4.78 is 0. The number of amides is 2. The SMILES string of the molecule is CC(C)Cc1nnc(NC(=O)Nc2cccc(Cl)c2)s1. The van der Waals surface area contributed by atoms with Crippen LogP contribution in [-0.2, 0) is 6.42 Å². The van der Waals surface area contributed by atoms with Gasteiger partial charge in [0.2, 0.25) is 5.13 Å². The van der Waals surface area contributed by atoms with Gasteiger partial charge in [0.15, 0.2) is 0 Å². The molecule has 0 spiro atoms.